The summed E-state index contributed by atoms with van der Waals surface area (Å²) in [5, 5.41) is 11.7. The van der Waals surface area contributed by atoms with Crippen molar-refractivity contribution in [3.05, 3.63) is 36.5 Å². The van der Waals surface area contributed by atoms with Gasteiger partial charge in [0.2, 0.25) is 0 Å². The van der Waals surface area contributed by atoms with Crippen molar-refractivity contribution in [3.8, 4) is 24.2 Å². The van der Waals surface area contributed by atoms with Crippen LogP contribution in [0.25, 0.3) is 0 Å². The van der Waals surface area contributed by atoms with Crippen molar-refractivity contribution in [2.45, 2.75) is 25.9 Å². The fourth-order valence-electron chi connectivity index (χ4n) is 1.89. The van der Waals surface area contributed by atoms with Gasteiger partial charge < -0.3 is 14.6 Å². The van der Waals surface area contributed by atoms with Crippen LogP contribution in [0.5, 0.6) is 5.75 Å². The summed E-state index contributed by atoms with van der Waals surface area (Å²) < 4.78 is 7.54. The summed E-state index contributed by atoms with van der Waals surface area (Å²) >= 11 is 0. The van der Waals surface area contributed by atoms with Crippen molar-refractivity contribution >= 4 is 5.82 Å². The molecule has 0 saturated heterocycles. The summed E-state index contributed by atoms with van der Waals surface area (Å²) in [6.45, 7) is 1.47. The third-order valence-corrected chi connectivity index (χ3v) is 2.94. The van der Waals surface area contributed by atoms with Crippen LogP contribution >= 0.6 is 0 Å². The number of pyridine rings is 1. The highest BCUT2D eigenvalue weighted by molar-refractivity contribution is 5.49. The van der Waals surface area contributed by atoms with E-state index < -0.39 is 0 Å². The fourth-order valence-corrected chi connectivity index (χ4v) is 1.89. The molecule has 2 aromatic heterocycles. The van der Waals surface area contributed by atoms with Crippen molar-refractivity contribution in [2.75, 3.05) is 11.9 Å². The number of nitrogens with one attached hydrogen (secondary N) is 1. The van der Waals surface area contributed by atoms with Gasteiger partial charge >= 0.3 is 0 Å². The number of hydrogen-bond acceptors (Lipinski definition) is 5. The van der Waals surface area contributed by atoms with Crippen LogP contribution in [0.3, 0.4) is 0 Å². The van der Waals surface area contributed by atoms with Crippen LogP contribution in [0.2, 0.25) is 0 Å². The number of rotatable bonds is 8. The van der Waals surface area contributed by atoms with E-state index in [1.165, 1.54) is 0 Å². The van der Waals surface area contributed by atoms with Crippen LogP contribution in [0.4, 0.5) is 5.82 Å². The first-order valence-corrected chi connectivity index (χ1v) is 6.97. The van der Waals surface area contributed by atoms with E-state index in [1.54, 1.807) is 12.4 Å². The first-order valence-electron chi connectivity index (χ1n) is 6.97. The highest BCUT2D eigenvalue weighted by Gasteiger charge is 2.07. The molecule has 0 bridgehead atoms. The van der Waals surface area contributed by atoms with E-state index in [2.05, 4.69) is 27.3 Å². The van der Waals surface area contributed by atoms with E-state index in [1.807, 2.05) is 22.9 Å². The molecule has 0 radical (unpaired) electrons. The standard InChI is InChI=1S/C16H17N5O/c1-2-10-21-11-9-18-15(21)13-20-16-14(6-5-8-19-16)22-12-4-3-7-17/h1,5-6,8-9,11H,3-4,10,12-13H2,(H,19,20). The van der Waals surface area contributed by atoms with Crippen molar-refractivity contribution in [1.29, 1.82) is 5.26 Å². The summed E-state index contributed by atoms with van der Waals surface area (Å²) in [5.74, 6) is 4.73. The van der Waals surface area contributed by atoms with Gasteiger partial charge in [-0.25, -0.2) is 9.97 Å². The number of terminal acetylenes is 1. The van der Waals surface area contributed by atoms with Crippen LogP contribution < -0.4 is 10.1 Å². The number of nitrogens with zero attached hydrogens (tertiary/aromatic N) is 4. The second kappa shape index (κ2) is 8.33. The highest BCUT2D eigenvalue weighted by atomic mass is 16.5. The largest absolute Gasteiger partial charge is 0.490 e. The molecular formula is C16H17N5O. The Labute approximate surface area is 129 Å². The minimum Gasteiger partial charge on any atom is -0.490 e. The molecule has 22 heavy (non-hydrogen) atoms. The van der Waals surface area contributed by atoms with Crippen molar-refractivity contribution in [2.24, 2.45) is 0 Å². The van der Waals surface area contributed by atoms with Gasteiger partial charge in [0.15, 0.2) is 11.6 Å². The second-order valence-corrected chi connectivity index (χ2v) is 4.49. The quantitative estimate of drug-likeness (QED) is 0.597. The molecule has 0 aliphatic rings. The monoisotopic (exact) mass is 295 g/mol. The molecule has 0 saturated carbocycles. The molecule has 0 amide bonds. The average molecular weight is 295 g/mol. The molecule has 0 aromatic carbocycles. The number of imidazole rings is 1. The van der Waals surface area contributed by atoms with Gasteiger partial charge in [0, 0.05) is 25.0 Å². The molecule has 0 unspecified atom stereocenters. The third-order valence-electron chi connectivity index (χ3n) is 2.94. The van der Waals surface area contributed by atoms with Gasteiger partial charge in [-0.1, -0.05) is 5.92 Å². The zero-order valence-electron chi connectivity index (χ0n) is 12.2. The van der Waals surface area contributed by atoms with Gasteiger partial charge in [0.05, 0.1) is 25.8 Å². The minimum atomic E-state index is 0.479. The van der Waals surface area contributed by atoms with Gasteiger partial charge in [0.1, 0.15) is 5.82 Å². The number of hydrogen-bond donors (Lipinski definition) is 1. The Morgan fingerprint density at radius 2 is 2.27 bits per heavy atom. The molecule has 112 valence electrons. The number of ether oxygens (including phenoxy) is 1. The number of anilines is 1. The summed E-state index contributed by atoms with van der Waals surface area (Å²) in [6.07, 6.45) is 11.7. The number of nitriles is 1. The van der Waals surface area contributed by atoms with Gasteiger partial charge in [0.25, 0.3) is 0 Å². The minimum absolute atomic E-state index is 0.479. The van der Waals surface area contributed by atoms with Gasteiger partial charge in [-0.3, -0.25) is 0 Å². The summed E-state index contributed by atoms with van der Waals surface area (Å²) in [5.41, 5.74) is 0. The molecule has 2 heterocycles. The summed E-state index contributed by atoms with van der Waals surface area (Å²) in [7, 11) is 0. The lowest BCUT2D eigenvalue weighted by molar-refractivity contribution is 0.313. The SMILES string of the molecule is C#CCn1ccnc1CNc1ncccc1OCCCC#N. The van der Waals surface area contributed by atoms with Crippen molar-refractivity contribution < 1.29 is 4.74 Å². The van der Waals surface area contributed by atoms with Crippen LogP contribution in [0.15, 0.2) is 30.7 Å². The lowest BCUT2D eigenvalue weighted by atomic mass is 10.3. The maximum absolute atomic E-state index is 8.52. The lowest BCUT2D eigenvalue weighted by Gasteiger charge is -2.12. The van der Waals surface area contributed by atoms with E-state index in [0.29, 0.717) is 44.1 Å². The van der Waals surface area contributed by atoms with E-state index in [-0.39, 0.29) is 0 Å². The predicted octanol–water partition coefficient (Wildman–Crippen LogP) is 2.21. The van der Waals surface area contributed by atoms with Crippen molar-refractivity contribution in [1.82, 2.24) is 14.5 Å². The molecule has 6 nitrogen and oxygen atoms in total. The Morgan fingerprint density at radius 1 is 1.36 bits per heavy atom. The van der Waals surface area contributed by atoms with Gasteiger partial charge in [-0.05, 0) is 18.6 Å². The lowest BCUT2D eigenvalue weighted by Crippen LogP contribution is -2.10. The fraction of sp³-hybridized carbons (Fsp3) is 0.312. The topological polar surface area (TPSA) is 75.8 Å². The summed E-state index contributed by atoms with van der Waals surface area (Å²) in [4.78, 5) is 8.54. The zero-order chi connectivity index (χ0) is 15.6. The molecule has 0 fully saturated rings. The molecule has 0 aliphatic heterocycles. The van der Waals surface area contributed by atoms with E-state index in [0.717, 1.165) is 5.82 Å². The molecule has 0 aliphatic carbocycles. The maximum Gasteiger partial charge on any atom is 0.169 e. The van der Waals surface area contributed by atoms with E-state index in [9.17, 15) is 0 Å². The highest BCUT2D eigenvalue weighted by Crippen LogP contribution is 2.21. The van der Waals surface area contributed by atoms with E-state index in [4.69, 9.17) is 16.4 Å². The molecule has 0 atom stereocenters. The summed E-state index contributed by atoms with van der Waals surface area (Å²) in [6, 6.07) is 5.74. The molecule has 6 heteroatoms. The smallest absolute Gasteiger partial charge is 0.169 e. The Morgan fingerprint density at radius 3 is 3.09 bits per heavy atom. The average Bonchev–Trinajstić information content (AvgIpc) is 2.98. The van der Waals surface area contributed by atoms with Crippen LogP contribution in [-0.4, -0.2) is 21.1 Å². The van der Waals surface area contributed by atoms with Gasteiger partial charge in [-0.2, -0.15) is 5.26 Å². The van der Waals surface area contributed by atoms with Crippen LogP contribution in [0, 0.1) is 23.7 Å². The molecule has 0 spiro atoms. The molecular weight excluding hydrogens is 278 g/mol. The number of unbranched alkanes of at least 4 members (excludes halogenated alkanes) is 1. The normalized spacial score (nSPS) is 9.73. The predicted molar refractivity (Wildman–Crippen MR) is 83.0 cm³/mol. The van der Waals surface area contributed by atoms with E-state index >= 15 is 0 Å². The Balaban J connectivity index is 1.96. The zero-order valence-corrected chi connectivity index (χ0v) is 12.2. The maximum atomic E-state index is 8.52. The van der Waals surface area contributed by atoms with Crippen LogP contribution in [0.1, 0.15) is 18.7 Å². The van der Waals surface area contributed by atoms with Crippen LogP contribution in [-0.2, 0) is 13.1 Å². The first kappa shape index (κ1) is 15.4. The second-order valence-electron chi connectivity index (χ2n) is 4.49. The number of aromatic nitrogens is 3. The Bertz CT molecular complexity index is 680. The molecule has 1 N–H and O–H groups in total. The Kier molecular flexibility index (Phi) is 5.83. The third kappa shape index (κ3) is 4.26. The molecule has 2 aromatic rings. The molecule has 2 rings (SSSR count). The first-order chi connectivity index (χ1) is 10.8. The van der Waals surface area contributed by atoms with Crippen molar-refractivity contribution in [3.63, 3.8) is 0 Å². The Hall–Kier alpha value is -2.99. The van der Waals surface area contributed by atoms with Gasteiger partial charge in [-0.15, -0.1) is 6.42 Å².